The van der Waals surface area contributed by atoms with Gasteiger partial charge in [-0.1, -0.05) is 6.07 Å². The van der Waals surface area contributed by atoms with Gasteiger partial charge in [0, 0.05) is 19.2 Å². The third-order valence-corrected chi connectivity index (χ3v) is 3.88. The lowest BCUT2D eigenvalue weighted by Gasteiger charge is -2.08. The van der Waals surface area contributed by atoms with Crippen molar-refractivity contribution in [3.05, 3.63) is 41.3 Å². The van der Waals surface area contributed by atoms with Crippen LogP contribution < -0.4 is 10.5 Å². The van der Waals surface area contributed by atoms with E-state index in [-0.39, 0.29) is 11.6 Å². The first-order valence-electron chi connectivity index (χ1n) is 5.82. The van der Waals surface area contributed by atoms with E-state index in [2.05, 4.69) is 10.4 Å². The molecule has 0 atom stereocenters. The smallest absolute Gasteiger partial charge is 0.255 e. The van der Waals surface area contributed by atoms with Gasteiger partial charge in [-0.05, 0) is 24.6 Å². The van der Waals surface area contributed by atoms with Gasteiger partial charge in [-0.25, -0.2) is 17.9 Å². The summed E-state index contributed by atoms with van der Waals surface area (Å²) in [5, 5.41) is 11.7. The number of nitrogens with two attached hydrogens (primary N) is 1. The number of hydrogen-bond acceptors (Lipinski definition) is 4. The zero-order chi connectivity index (χ0) is 14.9. The summed E-state index contributed by atoms with van der Waals surface area (Å²) in [6.07, 6.45) is 1.39. The van der Waals surface area contributed by atoms with Gasteiger partial charge in [-0.15, -0.1) is 0 Å². The van der Waals surface area contributed by atoms with E-state index < -0.39 is 15.8 Å². The molecule has 0 aliphatic heterocycles. The molecule has 0 unspecified atom stereocenters. The molecule has 2 rings (SSSR count). The molecule has 0 fully saturated rings. The zero-order valence-electron chi connectivity index (χ0n) is 11.1. The van der Waals surface area contributed by atoms with Crippen LogP contribution in [0.1, 0.15) is 11.1 Å². The second kappa shape index (κ2) is 5.22. The molecule has 0 aliphatic carbocycles. The lowest BCUT2D eigenvalue weighted by atomic mass is 10.2. The Labute approximate surface area is 116 Å². The van der Waals surface area contributed by atoms with Crippen molar-refractivity contribution in [2.24, 2.45) is 12.2 Å². The van der Waals surface area contributed by atoms with Crippen LogP contribution in [0.5, 0.6) is 0 Å². The number of benzene rings is 1. The van der Waals surface area contributed by atoms with Crippen molar-refractivity contribution in [2.75, 3.05) is 5.32 Å². The van der Waals surface area contributed by atoms with Gasteiger partial charge in [0.25, 0.3) is 10.0 Å². The molecule has 0 aliphatic rings. The number of aryl methyl sites for hydroxylation is 2. The highest BCUT2D eigenvalue weighted by atomic mass is 32.2. The number of nitrogens with one attached hydrogen (secondary N) is 1. The predicted octanol–water partition coefficient (Wildman–Crippen LogP) is 1.13. The van der Waals surface area contributed by atoms with Gasteiger partial charge in [0.15, 0.2) is 5.03 Å². The van der Waals surface area contributed by atoms with E-state index in [0.717, 1.165) is 5.56 Å². The summed E-state index contributed by atoms with van der Waals surface area (Å²) in [4.78, 5) is 0. The SMILES string of the molecule is Cc1ccc(NCc2cnn(C)c2S(N)(=O)=O)c(F)c1. The maximum absolute atomic E-state index is 13.7. The van der Waals surface area contributed by atoms with Gasteiger partial charge in [0.2, 0.25) is 0 Å². The van der Waals surface area contributed by atoms with Crippen LogP contribution in [-0.2, 0) is 23.6 Å². The van der Waals surface area contributed by atoms with Gasteiger partial charge >= 0.3 is 0 Å². The maximum Gasteiger partial charge on any atom is 0.255 e. The molecule has 6 nitrogen and oxygen atoms in total. The molecule has 0 amide bonds. The minimum absolute atomic E-state index is 0.0856. The fourth-order valence-corrected chi connectivity index (χ4v) is 2.82. The first-order chi connectivity index (χ1) is 9.29. The summed E-state index contributed by atoms with van der Waals surface area (Å²) in [7, 11) is -2.39. The van der Waals surface area contributed by atoms with Crippen LogP contribution in [0.25, 0.3) is 0 Å². The standard InChI is InChI=1S/C12H15FN4O2S/c1-8-3-4-11(10(13)5-8)15-6-9-7-16-17(2)12(9)20(14,18)19/h3-5,7,15H,6H2,1-2H3,(H2,14,18,19). The van der Waals surface area contributed by atoms with E-state index in [0.29, 0.717) is 11.3 Å². The second-order valence-corrected chi connectivity index (χ2v) is 5.96. The zero-order valence-corrected chi connectivity index (χ0v) is 11.9. The summed E-state index contributed by atoms with van der Waals surface area (Å²) in [6, 6.07) is 4.75. The molecule has 2 aromatic rings. The van der Waals surface area contributed by atoms with E-state index in [1.807, 2.05) is 0 Å². The van der Waals surface area contributed by atoms with Crippen LogP contribution in [0.4, 0.5) is 10.1 Å². The fraction of sp³-hybridized carbons (Fsp3) is 0.250. The molecule has 0 spiro atoms. The van der Waals surface area contributed by atoms with Crippen LogP contribution in [0, 0.1) is 12.7 Å². The summed E-state index contributed by atoms with van der Waals surface area (Å²) in [5.74, 6) is -0.397. The average Bonchev–Trinajstić information content (AvgIpc) is 2.69. The Morgan fingerprint density at radius 1 is 1.45 bits per heavy atom. The monoisotopic (exact) mass is 298 g/mol. The van der Waals surface area contributed by atoms with Crippen molar-refractivity contribution >= 4 is 15.7 Å². The molecule has 108 valence electrons. The van der Waals surface area contributed by atoms with Crippen LogP contribution in [0.15, 0.2) is 29.4 Å². The average molecular weight is 298 g/mol. The molecule has 0 bridgehead atoms. The number of primary sulfonamides is 1. The van der Waals surface area contributed by atoms with Crippen molar-refractivity contribution in [3.63, 3.8) is 0 Å². The Hall–Kier alpha value is -1.93. The molecule has 0 saturated heterocycles. The largest absolute Gasteiger partial charge is 0.378 e. The van der Waals surface area contributed by atoms with Crippen molar-refractivity contribution in [1.29, 1.82) is 0 Å². The predicted molar refractivity (Wildman–Crippen MR) is 73.0 cm³/mol. The van der Waals surface area contributed by atoms with Gasteiger partial charge in [-0.3, -0.25) is 4.68 Å². The topological polar surface area (TPSA) is 90.0 Å². The van der Waals surface area contributed by atoms with Crippen LogP contribution in [0.3, 0.4) is 0 Å². The Bertz CT molecular complexity index is 740. The fourth-order valence-electron chi connectivity index (χ4n) is 1.91. The number of aromatic nitrogens is 2. The highest BCUT2D eigenvalue weighted by molar-refractivity contribution is 7.89. The van der Waals surface area contributed by atoms with E-state index in [1.54, 1.807) is 19.1 Å². The molecular weight excluding hydrogens is 283 g/mol. The highest BCUT2D eigenvalue weighted by Gasteiger charge is 2.19. The van der Waals surface area contributed by atoms with E-state index >= 15 is 0 Å². The number of halogens is 1. The third-order valence-electron chi connectivity index (χ3n) is 2.82. The molecule has 3 N–H and O–H groups in total. The molecule has 20 heavy (non-hydrogen) atoms. The number of rotatable bonds is 4. The van der Waals surface area contributed by atoms with Crippen molar-refractivity contribution in [3.8, 4) is 0 Å². The number of hydrogen-bond donors (Lipinski definition) is 2. The van der Waals surface area contributed by atoms with Crippen molar-refractivity contribution in [1.82, 2.24) is 9.78 Å². The first kappa shape index (κ1) is 14.5. The minimum Gasteiger partial charge on any atom is -0.378 e. The molecule has 1 heterocycles. The van der Waals surface area contributed by atoms with Gasteiger partial charge in [0.1, 0.15) is 5.82 Å². The summed E-state index contributed by atoms with van der Waals surface area (Å²) in [6.45, 7) is 1.90. The maximum atomic E-state index is 13.7. The van der Waals surface area contributed by atoms with Gasteiger partial charge in [-0.2, -0.15) is 5.10 Å². The molecule has 8 heteroatoms. The molecule has 0 radical (unpaired) electrons. The molecule has 1 aromatic heterocycles. The summed E-state index contributed by atoms with van der Waals surface area (Å²) < 4.78 is 37.8. The number of sulfonamides is 1. The van der Waals surface area contributed by atoms with Crippen molar-refractivity contribution < 1.29 is 12.8 Å². The summed E-state index contributed by atoms with van der Waals surface area (Å²) >= 11 is 0. The lowest BCUT2D eigenvalue weighted by molar-refractivity contribution is 0.576. The number of nitrogens with zero attached hydrogens (tertiary/aromatic N) is 2. The molecule has 1 aromatic carbocycles. The van der Waals surface area contributed by atoms with Gasteiger partial charge < -0.3 is 5.32 Å². The molecular formula is C12H15FN4O2S. The van der Waals surface area contributed by atoms with Crippen LogP contribution >= 0.6 is 0 Å². The second-order valence-electron chi connectivity index (χ2n) is 4.48. The Morgan fingerprint density at radius 3 is 2.75 bits per heavy atom. The van der Waals surface area contributed by atoms with E-state index in [9.17, 15) is 12.8 Å². The minimum atomic E-state index is -3.88. The molecule has 0 saturated carbocycles. The number of anilines is 1. The lowest BCUT2D eigenvalue weighted by Crippen LogP contribution is -2.19. The van der Waals surface area contributed by atoms with E-state index in [1.165, 1.54) is 24.0 Å². The van der Waals surface area contributed by atoms with Crippen molar-refractivity contribution in [2.45, 2.75) is 18.5 Å². The third kappa shape index (κ3) is 2.97. The van der Waals surface area contributed by atoms with Crippen LogP contribution in [-0.4, -0.2) is 18.2 Å². The Kier molecular flexibility index (Phi) is 3.78. The first-order valence-corrected chi connectivity index (χ1v) is 7.37. The van der Waals surface area contributed by atoms with Gasteiger partial charge in [0.05, 0.1) is 11.9 Å². The normalized spacial score (nSPS) is 11.6. The quantitative estimate of drug-likeness (QED) is 0.885. The Balaban J connectivity index is 2.24. The van der Waals surface area contributed by atoms with Crippen LogP contribution in [0.2, 0.25) is 0 Å². The highest BCUT2D eigenvalue weighted by Crippen LogP contribution is 2.18. The Morgan fingerprint density at radius 2 is 2.15 bits per heavy atom. The van der Waals surface area contributed by atoms with E-state index in [4.69, 9.17) is 5.14 Å². The summed E-state index contributed by atoms with van der Waals surface area (Å²) in [5.41, 5.74) is 1.48.